The third kappa shape index (κ3) is 4.43. The minimum absolute atomic E-state index is 0.0449. The lowest BCUT2D eigenvalue weighted by Gasteiger charge is -2.09. The second-order valence-corrected chi connectivity index (χ2v) is 7.23. The summed E-state index contributed by atoms with van der Waals surface area (Å²) in [5, 5.41) is 10.8. The minimum atomic E-state index is -3.68. The largest absolute Gasteiger partial charge is 0.486 e. The first kappa shape index (κ1) is 15.2. The smallest absolute Gasteiger partial charge is 0.312 e. The topological polar surface area (TPSA) is 86.5 Å². The Morgan fingerprint density at radius 3 is 2.61 bits per heavy atom. The molecule has 0 heterocycles. The number of nitro groups is 1. The van der Waals surface area contributed by atoms with Gasteiger partial charge in [-0.05, 0) is 18.6 Å². The third-order valence-corrected chi connectivity index (χ3v) is 3.57. The van der Waals surface area contributed by atoms with Crippen molar-refractivity contribution in [3.8, 4) is 5.75 Å². The van der Waals surface area contributed by atoms with Crippen molar-refractivity contribution in [2.45, 2.75) is 6.92 Å². The van der Waals surface area contributed by atoms with Crippen LogP contribution in [0.15, 0.2) is 16.6 Å². The highest BCUT2D eigenvalue weighted by molar-refractivity contribution is 9.10. The van der Waals surface area contributed by atoms with Gasteiger partial charge in [-0.1, -0.05) is 15.9 Å². The third-order valence-electron chi connectivity index (χ3n) is 1.99. The molecule has 0 radical (unpaired) electrons. The van der Waals surface area contributed by atoms with Crippen molar-refractivity contribution in [2.75, 3.05) is 12.4 Å². The molecule has 1 aromatic carbocycles. The van der Waals surface area contributed by atoms with Crippen LogP contribution in [0.25, 0.3) is 0 Å². The number of rotatable bonds is 5. The second kappa shape index (κ2) is 5.85. The molecule has 0 unspecified atom stereocenters. The van der Waals surface area contributed by atoms with Gasteiger partial charge >= 0.3 is 5.69 Å². The average Bonchev–Trinajstić information content (AvgIpc) is 2.18. The quantitative estimate of drug-likeness (QED) is 0.459. The Kier molecular flexibility index (Phi) is 4.94. The molecule has 9 heteroatoms. The van der Waals surface area contributed by atoms with Gasteiger partial charge in [-0.25, -0.2) is 8.42 Å². The summed E-state index contributed by atoms with van der Waals surface area (Å²) in [4.78, 5) is 10.3. The summed E-state index contributed by atoms with van der Waals surface area (Å²) >= 11 is 3.14. The monoisotopic (exact) mass is 357 g/mol. The van der Waals surface area contributed by atoms with Crippen LogP contribution >= 0.6 is 26.6 Å². The van der Waals surface area contributed by atoms with Crippen molar-refractivity contribution in [3.63, 3.8) is 0 Å². The van der Waals surface area contributed by atoms with Gasteiger partial charge < -0.3 is 4.74 Å². The van der Waals surface area contributed by atoms with Crippen LogP contribution in [0.4, 0.5) is 5.69 Å². The Labute approximate surface area is 117 Å². The van der Waals surface area contributed by atoms with E-state index in [9.17, 15) is 18.5 Å². The highest BCUT2D eigenvalue weighted by atomic mass is 79.9. The summed E-state index contributed by atoms with van der Waals surface area (Å²) in [5.74, 6) is -0.371. The van der Waals surface area contributed by atoms with Crippen LogP contribution in [0.1, 0.15) is 5.56 Å². The molecule has 1 aromatic rings. The predicted molar refractivity (Wildman–Crippen MR) is 70.7 cm³/mol. The normalized spacial score (nSPS) is 11.3. The molecule has 0 saturated heterocycles. The fourth-order valence-electron chi connectivity index (χ4n) is 1.28. The van der Waals surface area contributed by atoms with Gasteiger partial charge in [-0.15, -0.1) is 0 Å². The summed E-state index contributed by atoms with van der Waals surface area (Å²) in [6, 6.07) is 2.93. The molecule has 0 saturated carbocycles. The molecule has 18 heavy (non-hydrogen) atoms. The molecular weight excluding hydrogens is 350 g/mol. The zero-order valence-electron chi connectivity index (χ0n) is 9.22. The van der Waals surface area contributed by atoms with Crippen LogP contribution in [-0.4, -0.2) is 25.7 Å². The number of nitrogens with zero attached hydrogens (tertiary/aromatic N) is 1. The molecule has 0 aliphatic rings. The predicted octanol–water partition coefficient (Wildman–Crippen LogP) is 2.61. The lowest BCUT2D eigenvalue weighted by Crippen LogP contribution is -2.10. The molecule has 1 rings (SSSR count). The Morgan fingerprint density at radius 2 is 2.11 bits per heavy atom. The molecule has 0 fully saturated rings. The number of benzene rings is 1. The van der Waals surface area contributed by atoms with E-state index in [2.05, 4.69) is 15.9 Å². The van der Waals surface area contributed by atoms with Crippen LogP contribution < -0.4 is 4.74 Å². The van der Waals surface area contributed by atoms with E-state index < -0.39 is 19.7 Å². The number of halogens is 2. The van der Waals surface area contributed by atoms with Crippen molar-refractivity contribution in [3.05, 3.63) is 32.3 Å². The van der Waals surface area contributed by atoms with E-state index in [4.69, 9.17) is 15.4 Å². The number of nitro benzene ring substituents is 1. The zero-order chi connectivity index (χ0) is 13.9. The van der Waals surface area contributed by atoms with Crippen LogP contribution in [-0.2, 0) is 9.05 Å². The maximum atomic E-state index is 10.8. The maximum Gasteiger partial charge on any atom is 0.312 e. The Hall–Kier alpha value is -0.860. The summed E-state index contributed by atoms with van der Waals surface area (Å²) < 4.78 is 27.1. The number of hydrogen-bond donors (Lipinski definition) is 0. The van der Waals surface area contributed by atoms with Crippen LogP contribution in [0.3, 0.4) is 0 Å². The average molecular weight is 359 g/mol. The second-order valence-electron chi connectivity index (χ2n) is 3.42. The van der Waals surface area contributed by atoms with Gasteiger partial charge in [0, 0.05) is 21.2 Å². The Balaban J connectivity index is 2.97. The molecule has 0 aliphatic heterocycles. The molecule has 6 nitrogen and oxygen atoms in total. The Morgan fingerprint density at radius 1 is 1.50 bits per heavy atom. The summed E-state index contributed by atoms with van der Waals surface area (Å²) in [6.45, 7) is 1.39. The highest BCUT2D eigenvalue weighted by Crippen LogP contribution is 2.34. The summed E-state index contributed by atoms with van der Waals surface area (Å²) in [5.41, 5.74) is 0.303. The molecule has 0 aliphatic carbocycles. The first-order valence-corrected chi connectivity index (χ1v) is 7.97. The lowest BCUT2D eigenvalue weighted by atomic mass is 10.2. The first-order chi connectivity index (χ1) is 8.20. The van der Waals surface area contributed by atoms with E-state index in [1.807, 2.05) is 0 Å². The summed E-state index contributed by atoms with van der Waals surface area (Å²) in [6.07, 6.45) is 0. The van der Waals surface area contributed by atoms with Crippen LogP contribution in [0.2, 0.25) is 0 Å². The van der Waals surface area contributed by atoms with Crippen LogP contribution in [0.5, 0.6) is 5.75 Å². The van der Waals surface area contributed by atoms with E-state index in [0.29, 0.717) is 10.0 Å². The number of hydrogen-bond acceptors (Lipinski definition) is 5. The van der Waals surface area contributed by atoms with Gasteiger partial charge in [-0.3, -0.25) is 10.1 Å². The fourth-order valence-corrected chi connectivity index (χ4v) is 2.31. The van der Waals surface area contributed by atoms with Crippen molar-refractivity contribution < 1.29 is 18.1 Å². The van der Waals surface area contributed by atoms with Gasteiger partial charge in [0.2, 0.25) is 9.05 Å². The molecule has 0 spiro atoms. The van der Waals surface area contributed by atoms with Gasteiger partial charge in [-0.2, -0.15) is 0 Å². The van der Waals surface area contributed by atoms with Gasteiger partial charge in [0.05, 0.1) is 10.7 Å². The maximum absolute atomic E-state index is 10.8. The Bertz CT molecular complexity index is 575. The fraction of sp³-hybridized carbons (Fsp3) is 0.333. The van der Waals surface area contributed by atoms with Crippen molar-refractivity contribution in [2.24, 2.45) is 0 Å². The molecule has 0 N–H and O–H groups in total. The van der Waals surface area contributed by atoms with Gasteiger partial charge in [0.1, 0.15) is 6.61 Å². The lowest BCUT2D eigenvalue weighted by molar-refractivity contribution is -0.386. The zero-order valence-corrected chi connectivity index (χ0v) is 12.4. The molecule has 0 aromatic heterocycles. The molecule has 0 atom stereocenters. The molecule has 0 amide bonds. The molecule has 100 valence electrons. The van der Waals surface area contributed by atoms with Gasteiger partial charge in [0.25, 0.3) is 0 Å². The SMILES string of the molecule is Cc1cc(Br)cc([N+](=O)[O-])c1OCCS(=O)(=O)Cl. The molecule has 0 bridgehead atoms. The summed E-state index contributed by atoms with van der Waals surface area (Å²) in [7, 11) is 1.34. The molecular formula is C9H9BrClNO5S. The van der Waals surface area contributed by atoms with E-state index in [1.54, 1.807) is 13.0 Å². The van der Waals surface area contributed by atoms with E-state index >= 15 is 0 Å². The van der Waals surface area contributed by atoms with E-state index in [1.165, 1.54) is 6.07 Å². The van der Waals surface area contributed by atoms with Crippen molar-refractivity contribution in [1.29, 1.82) is 0 Å². The highest BCUT2D eigenvalue weighted by Gasteiger charge is 2.19. The van der Waals surface area contributed by atoms with Crippen LogP contribution in [0, 0.1) is 17.0 Å². The van der Waals surface area contributed by atoms with E-state index in [-0.39, 0.29) is 18.0 Å². The number of aryl methyl sites for hydroxylation is 1. The standard InChI is InChI=1S/C9H9BrClNO5S/c1-6-4-7(10)5-8(12(13)14)9(6)17-2-3-18(11,15)16/h4-5H,2-3H2,1H3. The van der Waals surface area contributed by atoms with Crippen molar-refractivity contribution in [1.82, 2.24) is 0 Å². The number of ether oxygens (including phenoxy) is 1. The minimum Gasteiger partial charge on any atom is -0.486 e. The van der Waals surface area contributed by atoms with Crippen molar-refractivity contribution >= 4 is 41.4 Å². The van der Waals surface area contributed by atoms with Gasteiger partial charge in [0.15, 0.2) is 5.75 Å². The first-order valence-electron chi connectivity index (χ1n) is 4.70. The van der Waals surface area contributed by atoms with E-state index in [0.717, 1.165) is 0 Å².